The normalized spacial score (nSPS) is 19.9. The zero-order valence-electron chi connectivity index (χ0n) is 10.6. The smallest absolute Gasteiger partial charge is 0.330 e. The molecule has 1 aliphatic rings. The monoisotopic (exact) mass is 312 g/mol. The van der Waals surface area contributed by atoms with Gasteiger partial charge in [0, 0.05) is 6.54 Å². The van der Waals surface area contributed by atoms with Gasteiger partial charge in [0.05, 0.1) is 6.54 Å². The van der Waals surface area contributed by atoms with Crippen LogP contribution in [0.1, 0.15) is 17.8 Å². The molecule has 0 aliphatic carbocycles. The largest absolute Gasteiger partial charge is 0.367 e. The molecule has 1 aliphatic heterocycles. The van der Waals surface area contributed by atoms with E-state index < -0.39 is 31.6 Å². The molecule has 0 saturated carbocycles. The van der Waals surface area contributed by atoms with Crippen LogP contribution in [-0.2, 0) is 16.1 Å². The van der Waals surface area contributed by atoms with Gasteiger partial charge >= 0.3 is 12.3 Å². The van der Waals surface area contributed by atoms with E-state index in [2.05, 4.69) is 25.5 Å². The van der Waals surface area contributed by atoms with E-state index in [4.69, 9.17) is 4.52 Å². The maximum Gasteiger partial charge on any atom is 0.330 e. The van der Waals surface area contributed by atoms with Crippen LogP contribution >= 0.6 is 0 Å². The number of nitrogens with one attached hydrogen (secondary N) is 2. The Hall–Kier alpha value is -1.75. The molecule has 7 nitrogen and oxygen atoms in total. The van der Waals surface area contributed by atoms with Gasteiger partial charge in [0.2, 0.25) is 11.8 Å². The zero-order valence-corrected chi connectivity index (χ0v) is 10.6. The lowest BCUT2D eigenvalue weighted by Crippen LogP contribution is -2.47. The number of carbonyl (C=O) groups is 1. The van der Waals surface area contributed by atoms with Crippen LogP contribution in [0.25, 0.3) is 0 Å². The number of piperazine rings is 1. The van der Waals surface area contributed by atoms with Crippen molar-refractivity contribution in [2.45, 2.75) is 25.0 Å². The highest BCUT2D eigenvalue weighted by molar-refractivity contribution is 5.78. The molecule has 118 valence electrons. The lowest BCUT2D eigenvalue weighted by molar-refractivity contribution is -0.168. The van der Waals surface area contributed by atoms with E-state index in [1.807, 2.05) is 0 Å². The molecule has 11 heteroatoms. The van der Waals surface area contributed by atoms with Crippen molar-refractivity contribution in [1.82, 2.24) is 20.8 Å². The summed E-state index contributed by atoms with van der Waals surface area (Å²) in [4.78, 5) is 14.8. The summed E-state index contributed by atoms with van der Waals surface area (Å²) in [5, 5.41) is 8.88. The first-order valence-electron chi connectivity index (χ1n) is 5.95. The maximum absolute atomic E-state index is 12.6. The minimum absolute atomic E-state index is 0.0474. The van der Waals surface area contributed by atoms with Crippen LogP contribution in [0, 0.1) is 0 Å². The average Bonchev–Trinajstić information content (AvgIpc) is 2.88. The second kappa shape index (κ2) is 6.35. The van der Waals surface area contributed by atoms with Crippen molar-refractivity contribution in [3.63, 3.8) is 0 Å². The third-order valence-corrected chi connectivity index (χ3v) is 2.64. The standard InChI is InChI=1S/C10H12F4N4O3/c11-9(12)10(13,14)4-20-3-6-17-8(21-18-6)5-1-16-7(19)2-15-5/h5,9,15H,1-4H2,(H,16,19). The molecule has 0 spiro atoms. The topological polar surface area (TPSA) is 89.3 Å². The number of ether oxygens (including phenoxy) is 1. The van der Waals surface area contributed by atoms with Crippen LogP contribution in [0.2, 0.25) is 0 Å². The SMILES string of the molecule is O=C1CNC(c2nc(COCC(F)(F)C(F)F)no2)CN1. The average molecular weight is 312 g/mol. The molecule has 21 heavy (non-hydrogen) atoms. The minimum Gasteiger partial charge on any atom is -0.367 e. The Bertz CT molecular complexity index is 486. The Labute approximate surface area is 116 Å². The molecule has 1 atom stereocenters. The van der Waals surface area contributed by atoms with Crippen molar-refractivity contribution in [1.29, 1.82) is 0 Å². The fraction of sp³-hybridized carbons (Fsp3) is 0.700. The fourth-order valence-corrected chi connectivity index (χ4v) is 1.55. The number of amides is 1. The number of alkyl halides is 4. The van der Waals surface area contributed by atoms with Crippen LogP contribution in [0.3, 0.4) is 0 Å². The van der Waals surface area contributed by atoms with Crippen molar-refractivity contribution in [2.24, 2.45) is 0 Å². The van der Waals surface area contributed by atoms with Crippen LogP contribution in [0.15, 0.2) is 4.52 Å². The van der Waals surface area contributed by atoms with Crippen molar-refractivity contribution >= 4 is 5.91 Å². The molecule has 1 aromatic rings. The molecular weight excluding hydrogens is 300 g/mol. The van der Waals surface area contributed by atoms with E-state index in [0.29, 0.717) is 0 Å². The molecule has 0 radical (unpaired) electrons. The molecule has 0 aromatic carbocycles. The molecule has 1 amide bonds. The molecule has 2 N–H and O–H groups in total. The number of hydrogen-bond donors (Lipinski definition) is 2. The van der Waals surface area contributed by atoms with Crippen molar-refractivity contribution in [3.05, 3.63) is 11.7 Å². The Morgan fingerprint density at radius 3 is 2.86 bits per heavy atom. The number of carbonyl (C=O) groups excluding carboxylic acids is 1. The Kier molecular flexibility index (Phi) is 4.73. The maximum atomic E-state index is 12.6. The van der Waals surface area contributed by atoms with Gasteiger partial charge in [-0.3, -0.25) is 10.1 Å². The van der Waals surface area contributed by atoms with Crippen LogP contribution in [0.4, 0.5) is 17.6 Å². The first-order valence-corrected chi connectivity index (χ1v) is 5.95. The van der Waals surface area contributed by atoms with E-state index in [0.717, 1.165) is 0 Å². The fourth-order valence-electron chi connectivity index (χ4n) is 1.55. The molecule has 1 unspecified atom stereocenters. The predicted molar refractivity (Wildman–Crippen MR) is 58.7 cm³/mol. The zero-order chi connectivity index (χ0) is 15.5. The summed E-state index contributed by atoms with van der Waals surface area (Å²) in [5.74, 6) is -4.30. The van der Waals surface area contributed by atoms with Gasteiger partial charge in [-0.15, -0.1) is 0 Å². The molecule has 2 heterocycles. The summed E-state index contributed by atoms with van der Waals surface area (Å²) in [6.07, 6.45) is -3.80. The van der Waals surface area contributed by atoms with Crippen molar-refractivity contribution in [3.8, 4) is 0 Å². The summed E-state index contributed by atoms with van der Waals surface area (Å²) < 4.78 is 58.3. The highest BCUT2D eigenvalue weighted by Gasteiger charge is 2.41. The minimum atomic E-state index is -4.22. The summed E-state index contributed by atoms with van der Waals surface area (Å²) in [6, 6.07) is -0.397. The third kappa shape index (κ3) is 4.11. The molecular formula is C10H12F4N4O3. The first kappa shape index (κ1) is 15.6. The van der Waals surface area contributed by atoms with Gasteiger partial charge in [-0.05, 0) is 0 Å². The van der Waals surface area contributed by atoms with Crippen LogP contribution < -0.4 is 10.6 Å². The molecule has 1 aromatic heterocycles. The molecule has 1 saturated heterocycles. The lowest BCUT2D eigenvalue weighted by atomic mass is 10.2. The predicted octanol–water partition coefficient (Wildman–Crippen LogP) is 0.247. The summed E-state index contributed by atoms with van der Waals surface area (Å²) in [6.45, 7) is -1.60. The van der Waals surface area contributed by atoms with E-state index in [-0.39, 0.29) is 30.7 Å². The Balaban J connectivity index is 1.82. The number of halogens is 4. The van der Waals surface area contributed by atoms with Gasteiger partial charge in [0.15, 0.2) is 5.82 Å². The van der Waals surface area contributed by atoms with Gasteiger partial charge in [-0.25, -0.2) is 8.78 Å². The summed E-state index contributed by atoms with van der Waals surface area (Å²) in [7, 11) is 0. The van der Waals surface area contributed by atoms with Gasteiger partial charge < -0.3 is 14.6 Å². The van der Waals surface area contributed by atoms with E-state index in [9.17, 15) is 22.4 Å². The number of rotatable bonds is 6. The van der Waals surface area contributed by atoms with E-state index in [1.54, 1.807) is 0 Å². The second-order valence-electron chi connectivity index (χ2n) is 4.34. The second-order valence-corrected chi connectivity index (χ2v) is 4.34. The molecule has 1 fully saturated rings. The first-order chi connectivity index (χ1) is 9.88. The molecule has 0 bridgehead atoms. The highest BCUT2D eigenvalue weighted by atomic mass is 19.3. The third-order valence-electron chi connectivity index (χ3n) is 2.64. The Morgan fingerprint density at radius 1 is 1.48 bits per heavy atom. The highest BCUT2D eigenvalue weighted by Crippen LogP contribution is 2.23. The van der Waals surface area contributed by atoms with Crippen LogP contribution in [0.5, 0.6) is 0 Å². The van der Waals surface area contributed by atoms with Gasteiger partial charge in [-0.2, -0.15) is 13.8 Å². The van der Waals surface area contributed by atoms with Gasteiger partial charge in [-0.1, -0.05) is 5.16 Å². The Morgan fingerprint density at radius 2 is 2.24 bits per heavy atom. The number of nitrogens with zero attached hydrogens (tertiary/aromatic N) is 2. The number of hydrogen-bond acceptors (Lipinski definition) is 6. The van der Waals surface area contributed by atoms with Crippen LogP contribution in [-0.4, -0.2) is 48.1 Å². The summed E-state index contributed by atoms with van der Waals surface area (Å²) >= 11 is 0. The quantitative estimate of drug-likeness (QED) is 0.732. The van der Waals surface area contributed by atoms with E-state index >= 15 is 0 Å². The molecule has 2 rings (SSSR count). The lowest BCUT2D eigenvalue weighted by Gasteiger charge is -2.20. The van der Waals surface area contributed by atoms with Gasteiger partial charge in [0.25, 0.3) is 0 Å². The van der Waals surface area contributed by atoms with E-state index in [1.165, 1.54) is 0 Å². The van der Waals surface area contributed by atoms with Gasteiger partial charge in [0.1, 0.15) is 19.3 Å². The number of aromatic nitrogens is 2. The van der Waals surface area contributed by atoms with Crippen molar-refractivity contribution < 1.29 is 31.6 Å². The summed E-state index contributed by atoms with van der Waals surface area (Å²) in [5.41, 5.74) is 0. The van der Waals surface area contributed by atoms with Crippen molar-refractivity contribution in [2.75, 3.05) is 19.7 Å².